The van der Waals surface area contributed by atoms with Gasteiger partial charge in [-0.15, -0.1) is 0 Å². The van der Waals surface area contributed by atoms with E-state index in [4.69, 9.17) is 4.74 Å². The highest BCUT2D eigenvalue weighted by atomic mass is 16.5. The van der Waals surface area contributed by atoms with Gasteiger partial charge in [0.1, 0.15) is 0 Å². The van der Waals surface area contributed by atoms with E-state index in [1.807, 2.05) is 26.4 Å². The maximum atomic E-state index is 11.9. The lowest BCUT2D eigenvalue weighted by atomic mass is 9.90. The van der Waals surface area contributed by atoms with E-state index in [-0.39, 0.29) is 17.9 Å². The average Bonchev–Trinajstić information content (AvgIpc) is 2.76. The van der Waals surface area contributed by atoms with Crippen molar-refractivity contribution >= 4 is 11.7 Å². The number of hydrogen-bond acceptors (Lipinski definition) is 4. The van der Waals surface area contributed by atoms with Gasteiger partial charge in [-0.05, 0) is 26.7 Å². The highest BCUT2D eigenvalue weighted by Crippen LogP contribution is 2.29. The lowest BCUT2D eigenvalue weighted by molar-refractivity contribution is -0.149. The van der Waals surface area contributed by atoms with Crippen LogP contribution in [0.15, 0.2) is 12.4 Å². The Morgan fingerprint density at radius 3 is 3.00 bits per heavy atom. The zero-order chi connectivity index (χ0) is 13.1. The molecule has 1 aromatic rings. The standard InChI is InChI=1S/C13H21N3O2/c1-4-18-13(17)12-6-5-7-16(10(12)2)11-8-14-15(3)9-11/h8-10,12H,4-7H2,1-3H3. The second-order valence-electron chi connectivity index (χ2n) is 4.81. The minimum atomic E-state index is -0.0707. The third-order valence-corrected chi connectivity index (χ3v) is 3.60. The van der Waals surface area contributed by atoms with E-state index in [0.29, 0.717) is 6.61 Å². The molecule has 1 aliphatic heterocycles. The molecule has 2 rings (SSSR count). The highest BCUT2D eigenvalue weighted by Gasteiger charge is 2.34. The molecule has 100 valence electrons. The van der Waals surface area contributed by atoms with Crippen molar-refractivity contribution in [2.75, 3.05) is 18.1 Å². The zero-order valence-corrected chi connectivity index (χ0v) is 11.3. The van der Waals surface area contributed by atoms with Crippen LogP contribution in [-0.2, 0) is 16.6 Å². The molecule has 2 unspecified atom stereocenters. The maximum Gasteiger partial charge on any atom is 0.311 e. The molecule has 0 saturated carbocycles. The van der Waals surface area contributed by atoms with Crippen LogP contribution in [0.5, 0.6) is 0 Å². The van der Waals surface area contributed by atoms with E-state index in [9.17, 15) is 4.79 Å². The molecule has 2 atom stereocenters. The molecule has 1 aromatic heterocycles. The summed E-state index contributed by atoms with van der Waals surface area (Å²) < 4.78 is 6.94. The van der Waals surface area contributed by atoms with Crippen LogP contribution in [0.2, 0.25) is 0 Å². The molecule has 0 aromatic carbocycles. The first-order valence-corrected chi connectivity index (χ1v) is 6.55. The summed E-state index contributed by atoms with van der Waals surface area (Å²) in [5.74, 6) is -0.0995. The largest absolute Gasteiger partial charge is 0.466 e. The molecule has 0 bridgehead atoms. The summed E-state index contributed by atoms with van der Waals surface area (Å²) in [6.45, 7) is 5.37. The van der Waals surface area contributed by atoms with E-state index in [0.717, 1.165) is 25.1 Å². The van der Waals surface area contributed by atoms with Crippen molar-refractivity contribution in [3.05, 3.63) is 12.4 Å². The summed E-state index contributed by atoms with van der Waals surface area (Å²) in [7, 11) is 1.90. The molecule has 0 aliphatic carbocycles. The van der Waals surface area contributed by atoms with E-state index < -0.39 is 0 Å². The molecule has 0 amide bonds. The summed E-state index contributed by atoms with van der Waals surface area (Å²) >= 11 is 0. The lowest BCUT2D eigenvalue weighted by Gasteiger charge is -2.38. The van der Waals surface area contributed by atoms with Crippen molar-refractivity contribution in [3.63, 3.8) is 0 Å². The molecule has 0 N–H and O–H groups in total. The van der Waals surface area contributed by atoms with Gasteiger partial charge in [0.05, 0.1) is 24.4 Å². The van der Waals surface area contributed by atoms with Crippen molar-refractivity contribution in [1.29, 1.82) is 0 Å². The van der Waals surface area contributed by atoms with Gasteiger partial charge in [0, 0.05) is 25.8 Å². The van der Waals surface area contributed by atoms with E-state index in [1.165, 1.54) is 0 Å². The number of aryl methyl sites for hydroxylation is 1. The average molecular weight is 251 g/mol. The summed E-state index contributed by atoms with van der Waals surface area (Å²) in [5, 5.41) is 4.19. The molecule has 5 heteroatoms. The Morgan fingerprint density at radius 2 is 2.39 bits per heavy atom. The Morgan fingerprint density at radius 1 is 1.61 bits per heavy atom. The number of aromatic nitrogens is 2. The number of anilines is 1. The van der Waals surface area contributed by atoms with Crippen molar-refractivity contribution < 1.29 is 9.53 Å². The molecule has 5 nitrogen and oxygen atoms in total. The smallest absolute Gasteiger partial charge is 0.311 e. The SMILES string of the molecule is CCOC(=O)C1CCCN(c2cnn(C)c2)C1C. The van der Waals surface area contributed by atoms with Gasteiger partial charge < -0.3 is 9.64 Å². The molecule has 18 heavy (non-hydrogen) atoms. The van der Waals surface area contributed by atoms with Crippen molar-refractivity contribution in [1.82, 2.24) is 9.78 Å². The summed E-state index contributed by atoms with van der Waals surface area (Å²) in [6, 6.07) is 0.169. The Labute approximate surface area is 108 Å². The quantitative estimate of drug-likeness (QED) is 0.765. The van der Waals surface area contributed by atoms with Gasteiger partial charge in [-0.2, -0.15) is 5.10 Å². The molecule has 1 aliphatic rings. The number of rotatable bonds is 3. The van der Waals surface area contributed by atoms with Gasteiger partial charge in [0.2, 0.25) is 0 Å². The predicted molar refractivity (Wildman–Crippen MR) is 69.4 cm³/mol. The van der Waals surface area contributed by atoms with Crippen LogP contribution >= 0.6 is 0 Å². The molecule has 2 heterocycles. The molecular weight excluding hydrogens is 230 g/mol. The van der Waals surface area contributed by atoms with Gasteiger partial charge in [-0.3, -0.25) is 9.48 Å². The Hall–Kier alpha value is -1.52. The van der Waals surface area contributed by atoms with E-state index in [2.05, 4.69) is 16.9 Å². The first kappa shape index (κ1) is 12.9. The number of esters is 1. The normalized spacial score (nSPS) is 24.1. The van der Waals surface area contributed by atoms with Gasteiger partial charge in [0.25, 0.3) is 0 Å². The van der Waals surface area contributed by atoms with Crippen LogP contribution < -0.4 is 4.90 Å². The van der Waals surface area contributed by atoms with E-state index >= 15 is 0 Å². The second-order valence-corrected chi connectivity index (χ2v) is 4.81. The zero-order valence-electron chi connectivity index (χ0n) is 11.3. The summed E-state index contributed by atoms with van der Waals surface area (Å²) in [6.07, 6.45) is 5.77. The van der Waals surface area contributed by atoms with E-state index in [1.54, 1.807) is 4.68 Å². The Bertz CT molecular complexity index is 416. The molecule has 1 fully saturated rings. The monoisotopic (exact) mass is 251 g/mol. The third-order valence-electron chi connectivity index (χ3n) is 3.60. The van der Waals surface area contributed by atoms with Gasteiger partial charge >= 0.3 is 5.97 Å². The van der Waals surface area contributed by atoms with Crippen LogP contribution in [0.25, 0.3) is 0 Å². The summed E-state index contributed by atoms with van der Waals surface area (Å²) in [5.41, 5.74) is 1.08. The Kier molecular flexibility index (Phi) is 3.89. The number of hydrogen-bond donors (Lipinski definition) is 0. The molecular formula is C13H21N3O2. The van der Waals surface area contributed by atoms with Gasteiger partial charge in [0.15, 0.2) is 0 Å². The fraction of sp³-hybridized carbons (Fsp3) is 0.692. The number of carbonyl (C=O) groups excluding carboxylic acids is 1. The predicted octanol–water partition coefficient (Wildman–Crippen LogP) is 1.59. The number of nitrogens with zero attached hydrogens (tertiary/aromatic N) is 3. The van der Waals surface area contributed by atoms with Crippen LogP contribution in [0.3, 0.4) is 0 Å². The number of piperidine rings is 1. The van der Waals surface area contributed by atoms with Crippen molar-refractivity contribution in [3.8, 4) is 0 Å². The fourth-order valence-corrected chi connectivity index (χ4v) is 2.63. The van der Waals surface area contributed by atoms with Gasteiger partial charge in [-0.25, -0.2) is 0 Å². The number of ether oxygens (including phenoxy) is 1. The first-order valence-electron chi connectivity index (χ1n) is 6.55. The third kappa shape index (κ3) is 2.49. The van der Waals surface area contributed by atoms with Crippen molar-refractivity contribution in [2.24, 2.45) is 13.0 Å². The maximum absolute atomic E-state index is 11.9. The van der Waals surface area contributed by atoms with Crippen LogP contribution in [0.4, 0.5) is 5.69 Å². The van der Waals surface area contributed by atoms with Gasteiger partial charge in [-0.1, -0.05) is 0 Å². The highest BCUT2D eigenvalue weighted by molar-refractivity contribution is 5.74. The minimum Gasteiger partial charge on any atom is -0.466 e. The molecule has 1 saturated heterocycles. The summed E-state index contributed by atoms with van der Waals surface area (Å²) in [4.78, 5) is 14.2. The first-order chi connectivity index (χ1) is 8.63. The topological polar surface area (TPSA) is 47.4 Å². The lowest BCUT2D eigenvalue weighted by Crippen LogP contribution is -2.46. The number of carbonyl (C=O) groups is 1. The fourth-order valence-electron chi connectivity index (χ4n) is 2.63. The van der Waals surface area contributed by atoms with Crippen molar-refractivity contribution in [2.45, 2.75) is 32.7 Å². The second kappa shape index (κ2) is 5.42. The molecule has 0 spiro atoms. The molecule has 0 radical (unpaired) electrons. The minimum absolute atomic E-state index is 0.0288. The van der Waals surface area contributed by atoms with Crippen LogP contribution in [-0.4, -0.2) is 34.9 Å². The van der Waals surface area contributed by atoms with Crippen LogP contribution in [0, 0.1) is 5.92 Å². The Balaban J connectivity index is 2.11. The van der Waals surface area contributed by atoms with Crippen LogP contribution in [0.1, 0.15) is 26.7 Å².